The van der Waals surface area contributed by atoms with Gasteiger partial charge >= 0.3 is 0 Å². The first-order chi connectivity index (χ1) is 13.2. The molecule has 1 atom stereocenters. The molecular formula is C22H30N2O3. The van der Waals surface area contributed by atoms with E-state index >= 15 is 0 Å². The summed E-state index contributed by atoms with van der Waals surface area (Å²) < 4.78 is 10.8. The Morgan fingerprint density at radius 2 is 1.70 bits per heavy atom. The zero-order chi connectivity index (χ0) is 19.1. The van der Waals surface area contributed by atoms with E-state index in [0.717, 1.165) is 50.6 Å². The second-order valence-corrected chi connectivity index (χ2v) is 7.05. The van der Waals surface area contributed by atoms with Gasteiger partial charge in [0.05, 0.1) is 14.2 Å². The van der Waals surface area contributed by atoms with Crippen LogP contribution in [0.3, 0.4) is 0 Å². The fourth-order valence-electron chi connectivity index (χ4n) is 3.79. The molecule has 1 N–H and O–H groups in total. The third-order valence-corrected chi connectivity index (χ3v) is 5.23. The second kappa shape index (κ2) is 9.74. The van der Waals surface area contributed by atoms with Gasteiger partial charge in [-0.3, -0.25) is 9.80 Å². The molecule has 1 fully saturated rings. The number of rotatable bonds is 8. The Hall–Kier alpha value is -2.08. The van der Waals surface area contributed by atoms with Crippen molar-refractivity contribution in [1.29, 1.82) is 0 Å². The van der Waals surface area contributed by atoms with Gasteiger partial charge in [-0.1, -0.05) is 36.4 Å². The summed E-state index contributed by atoms with van der Waals surface area (Å²) >= 11 is 0. The number of methoxy groups -OCH3 is 2. The molecule has 1 saturated heterocycles. The summed E-state index contributed by atoms with van der Waals surface area (Å²) in [6.45, 7) is 5.02. The Morgan fingerprint density at radius 1 is 0.926 bits per heavy atom. The first-order valence-electron chi connectivity index (χ1n) is 9.55. The van der Waals surface area contributed by atoms with E-state index in [0.29, 0.717) is 6.04 Å². The molecule has 1 aliphatic heterocycles. The molecule has 0 radical (unpaired) electrons. The molecule has 2 aromatic rings. The van der Waals surface area contributed by atoms with Crippen molar-refractivity contribution in [1.82, 2.24) is 9.80 Å². The Labute approximate surface area is 162 Å². The van der Waals surface area contributed by atoms with E-state index in [4.69, 9.17) is 9.47 Å². The number of piperazine rings is 1. The van der Waals surface area contributed by atoms with Gasteiger partial charge in [0.15, 0.2) is 11.5 Å². The van der Waals surface area contributed by atoms with Crippen molar-refractivity contribution in [3.8, 4) is 11.5 Å². The number of nitrogens with zero attached hydrogens (tertiary/aromatic N) is 2. The van der Waals surface area contributed by atoms with Gasteiger partial charge in [-0.2, -0.15) is 0 Å². The minimum atomic E-state index is 0.222. The number of aliphatic hydroxyl groups excluding tert-OH is 1. The fourth-order valence-corrected chi connectivity index (χ4v) is 3.79. The normalized spacial score (nSPS) is 18.4. The lowest BCUT2D eigenvalue weighted by atomic mass is 10.1. The van der Waals surface area contributed by atoms with Crippen LogP contribution in [0.5, 0.6) is 11.5 Å². The average molecular weight is 370 g/mol. The molecule has 146 valence electrons. The maximum atomic E-state index is 9.53. The second-order valence-electron chi connectivity index (χ2n) is 7.05. The number of hydrogen-bond donors (Lipinski definition) is 1. The van der Waals surface area contributed by atoms with Gasteiger partial charge in [-0.05, 0) is 29.7 Å². The first kappa shape index (κ1) is 19.7. The lowest BCUT2D eigenvalue weighted by Crippen LogP contribution is -2.52. The molecule has 27 heavy (non-hydrogen) atoms. The van der Waals surface area contributed by atoms with Gasteiger partial charge in [0.25, 0.3) is 0 Å². The third-order valence-electron chi connectivity index (χ3n) is 5.23. The highest BCUT2D eigenvalue weighted by Gasteiger charge is 2.26. The molecule has 3 rings (SSSR count). The van der Waals surface area contributed by atoms with Gasteiger partial charge in [-0.15, -0.1) is 0 Å². The van der Waals surface area contributed by atoms with Gasteiger partial charge in [-0.25, -0.2) is 0 Å². The molecule has 1 aliphatic rings. The molecule has 0 aromatic heterocycles. The van der Waals surface area contributed by atoms with Crippen LogP contribution in [0.2, 0.25) is 0 Å². The Balaban J connectivity index is 1.64. The molecule has 5 heteroatoms. The van der Waals surface area contributed by atoms with Crippen LogP contribution in [0.15, 0.2) is 48.5 Å². The molecule has 0 amide bonds. The lowest BCUT2D eigenvalue weighted by molar-refractivity contribution is 0.0499. The number of hydrogen-bond acceptors (Lipinski definition) is 5. The zero-order valence-electron chi connectivity index (χ0n) is 16.3. The van der Waals surface area contributed by atoms with Crippen molar-refractivity contribution in [3.63, 3.8) is 0 Å². The molecule has 0 saturated carbocycles. The smallest absolute Gasteiger partial charge is 0.161 e. The number of aliphatic hydroxyl groups is 1. The minimum Gasteiger partial charge on any atom is -0.493 e. The van der Waals surface area contributed by atoms with Crippen LogP contribution in [0.25, 0.3) is 0 Å². The summed E-state index contributed by atoms with van der Waals surface area (Å²) in [5.41, 5.74) is 2.54. The highest BCUT2D eigenvalue weighted by atomic mass is 16.5. The monoisotopic (exact) mass is 370 g/mol. The van der Waals surface area contributed by atoms with E-state index in [1.165, 1.54) is 11.1 Å². The summed E-state index contributed by atoms with van der Waals surface area (Å²) in [4.78, 5) is 4.96. The lowest BCUT2D eigenvalue weighted by Gasteiger charge is -2.41. The molecular weight excluding hydrogens is 340 g/mol. The number of benzene rings is 2. The average Bonchev–Trinajstić information content (AvgIpc) is 2.71. The zero-order valence-corrected chi connectivity index (χ0v) is 16.3. The topological polar surface area (TPSA) is 45.2 Å². The molecule has 2 aromatic carbocycles. The molecule has 1 heterocycles. The van der Waals surface area contributed by atoms with Crippen molar-refractivity contribution < 1.29 is 14.6 Å². The van der Waals surface area contributed by atoms with Crippen LogP contribution >= 0.6 is 0 Å². The predicted octanol–water partition coefficient (Wildman–Crippen LogP) is 2.77. The Kier molecular flexibility index (Phi) is 7.10. The Bertz CT molecular complexity index is 708. The fraction of sp³-hybridized carbons (Fsp3) is 0.455. The largest absolute Gasteiger partial charge is 0.493 e. The highest BCUT2D eigenvalue weighted by molar-refractivity contribution is 5.42. The van der Waals surface area contributed by atoms with Crippen LogP contribution < -0.4 is 9.47 Å². The van der Waals surface area contributed by atoms with Gasteiger partial charge in [0.2, 0.25) is 0 Å². The van der Waals surface area contributed by atoms with Crippen molar-refractivity contribution >= 4 is 0 Å². The summed E-state index contributed by atoms with van der Waals surface area (Å²) in [6, 6.07) is 17.0. The van der Waals surface area contributed by atoms with Crippen LogP contribution in [-0.4, -0.2) is 61.4 Å². The van der Waals surface area contributed by atoms with Crippen molar-refractivity contribution in [3.05, 3.63) is 59.7 Å². The van der Waals surface area contributed by atoms with Crippen LogP contribution in [0, 0.1) is 0 Å². The van der Waals surface area contributed by atoms with Crippen molar-refractivity contribution in [2.45, 2.75) is 25.6 Å². The SMILES string of the molecule is COc1ccc(CN2CCN(Cc3ccccc3)[C@H](CCO)C2)cc1OC. The molecule has 5 nitrogen and oxygen atoms in total. The molecule has 0 unspecified atom stereocenters. The van der Waals surface area contributed by atoms with Crippen molar-refractivity contribution in [2.24, 2.45) is 0 Å². The predicted molar refractivity (Wildman–Crippen MR) is 107 cm³/mol. The Morgan fingerprint density at radius 3 is 2.41 bits per heavy atom. The molecule has 0 bridgehead atoms. The van der Waals surface area contributed by atoms with E-state index in [9.17, 15) is 5.11 Å². The summed E-state index contributed by atoms with van der Waals surface area (Å²) in [5, 5.41) is 9.53. The summed E-state index contributed by atoms with van der Waals surface area (Å²) in [6.07, 6.45) is 0.801. The third kappa shape index (κ3) is 5.22. The van der Waals surface area contributed by atoms with E-state index in [2.05, 4.69) is 52.3 Å². The van der Waals surface area contributed by atoms with Gasteiger partial charge < -0.3 is 14.6 Å². The minimum absolute atomic E-state index is 0.222. The standard InChI is InChI=1S/C22H30N2O3/c1-26-21-9-8-19(14-22(21)27-2)15-23-11-12-24(20(17-23)10-13-25)16-18-6-4-3-5-7-18/h3-9,14,20,25H,10-13,15-17H2,1-2H3/t20-/m1/s1. The van der Waals surface area contributed by atoms with Crippen LogP contribution in [0.1, 0.15) is 17.5 Å². The maximum Gasteiger partial charge on any atom is 0.161 e. The van der Waals surface area contributed by atoms with Gasteiger partial charge in [0, 0.05) is 45.4 Å². The van der Waals surface area contributed by atoms with E-state index in [1.807, 2.05) is 6.07 Å². The number of ether oxygens (including phenoxy) is 2. The molecule has 0 aliphatic carbocycles. The van der Waals surface area contributed by atoms with E-state index < -0.39 is 0 Å². The quantitative estimate of drug-likeness (QED) is 0.774. The van der Waals surface area contributed by atoms with E-state index in [1.54, 1.807) is 14.2 Å². The van der Waals surface area contributed by atoms with Crippen LogP contribution in [-0.2, 0) is 13.1 Å². The van der Waals surface area contributed by atoms with Crippen LogP contribution in [0.4, 0.5) is 0 Å². The maximum absolute atomic E-state index is 9.53. The van der Waals surface area contributed by atoms with E-state index in [-0.39, 0.29) is 6.61 Å². The molecule has 0 spiro atoms. The summed E-state index contributed by atoms with van der Waals surface area (Å²) in [7, 11) is 3.32. The summed E-state index contributed by atoms with van der Waals surface area (Å²) in [5.74, 6) is 1.52. The van der Waals surface area contributed by atoms with Crippen molar-refractivity contribution in [2.75, 3.05) is 40.5 Å². The highest BCUT2D eigenvalue weighted by Crippen LogP contribution is 2.28. The first-order valence-corrected chi connectivity index (χ1v) is 9.55. The van der Waals surface area contributed by atoms with Gasteiger partial charge in [0.1, 0.15) is 0 Å².